The zero-order chi connectivity index (χ0) is 20.5. The van der Waals surface area contributed by atoms with Crippen LogP contribution in [0.5, 0.6) is 5.75 Å². The van der Waals surface area contributed by atoms with E-state index in [1.54, 1.807) is 12.3 Å². The Balaban J connectivity index is 2.02. The fourth-order valence-electron chi connectivity index (χ4n) is 2.96. The number of anilines is 1. The number of nitrogens with one attached hydrogen (secondary N) is 3. The van der Waals surface area contributed by atoms with E-state index in [2.05, 4.69) is 27.0 Å². The minimum absolute atomic E-state index is 0.189. The van der Waals surface area contributed by atoms with E-state index < -0.39 is 12.1 Å². The lowest BCUT2D eigenvalue weighted by Gasteiger charge is -2.36. The highest BCUT2D eigenvalue weighted by atomic mass is 16.5. The molecule has 0 radical (unpaired) electrons. The number of hydrogen-bond donors (Lipinski definition) is 5. The number of nitriles is 1. The van der Waals surface area contributed by atoms with Crippen molar-refractivity contribution in [2.45, 2.75) is 18.8 Å². The SMILES string of the molecule is CN(C)CCOc1ccncc1NC(=O)C(C(N)N)C1NCC(CC#N)CN1. The van der Waals surface area contributed by atoms with Crippen LogP contribution in [-0.4, -0.2) is 68.5 Å². The fourth-order valence-corrected chi connectivity index (χ4v) is 2.96. The molecule has 1 aliphatic rings. The predicted octanol–water partition coefficient (Wildman–Crippen LogP) is -1.13. The van der Waals surface area contributed by atoms with Gasteiger partial charge in [-0.2, -0.15) is 5.26 Å². The average Bonchev–Trinajstić information content (AvgIpc) is 2.64. The van der Waals surface area contributed by atoms with E-state index in [1.165, 1.54) is 6.20 Å². The van der Waals surface area contributed by atoms with Gasteiger partial charge in [0.05, 0.1) is 30.5 Å². The summed E-state index contributed by atoms with van der Waals surface area (Å²) in [6.07, 6.45) is 2.33. The van der Waals surface area contributed by atoms with Gasteiger partial charge in [-0.25, -0.2) is 0 Å². The number of nitrogens with two attached hydrogens (primary N) is 2. The summed E-state index contributed by atoms with van der Waals surface area (Å²) in [4.78, 5) is 19.0. The summed E-state index contributed by atoms with van der Waals surface area (Å²) < 4.78 is 5.75. The van der Waals surface area contributed by atoms with Crippen molar-refractivity contribution < 1.29 is 9.53 Å². The van der Waals surface area contributed by atoms with E-state index in [4.69, 9.17) is 21.5 Å². The van der Waals surface area contributed by atoms with Crippen LogP contribution >= 0.6 is 0 Å². The molecule has 10 heteroatoms. The van der Waals surface area contributed by atoms with Crippen molar-refractivity contribution in [2.24, 2.45) is 23.3 Å². The highest BCUT2D eigenvalue weighted by Gasteiger charge is 2.35. The van der Waals surface area contributed by atoms with Crippen molar-refractivity contribution in [3.05, 3.63) is 18.5 Å². The fraction of sp³-hybridized carbons (Fsp3) is 0.611. The number of carbonyl (C=O) groups excluding carboxylic acids is 1. The summed E-state index contributed by atoms with van der Waals surface area (Å²) in [7, 11) is 3.91. The molecule has 28 heavy (non-hydrogen) atoms. The minimum atomic E-state index is -0.868. The van der Waals surface area contributed by atoms with Crippen LogP contribution in [0.3, 0.4) is 0 Å². The molecule has 154 valence electrons. The second-order valence-electron chi connectivity index (χ2n) is 7.14. The summed E-state index contributed by atoms with van der Waals surface area (Å²) >= 11 is 0. The standard InChI is InChI=1S/C18H30N8O2/c1-26(2)7-8-28-14-4-6-22-11-13(14)25-18(27)15(16(20)21)17-23-9-12(3-5-19)10-24-17/h4,6,11-12,15-17,23-24H,3,7-10,20-21H2,1-2H3,(H,25,27). The molecule has 1 aliphatic heterocycles. The lowest BCUT2D eigenvalue weighted by molar-refractivity contribution is -0.122. The molecule has 0 aliphatic carbocycles. The van der Waals surface area contributed by atoms with E-state index >= 15 is 0 Å². The van der Waals surface area contributed by atoms with Gasteiger partial charge in [0.2, 0.25) is 5.91 Å². The Morgan fingerprint density at radius 3 is 2.79 bits per heavy atom. The first-order valence-corrected chi connectivity index (χ1v) is 9.29. The van der Waals surface area contributed by atoms with E-state index in [9.17, 15) is 4.79 Å². The van der Waals surface area contributed by atoms with Gasteiger partial charge in [0.15, 0.2) is 0 Å². The molecule has 0 aromatic carbocycles. The van der Waals surface area contributed by atoms with Gasteiger partial charge in [0.1, 0.15) is 18.0 Å². The van der Waals surface area contributed by atoms with Crippen molar-refractivity contribution in [1.29, 1.82) is 5.26 Å². The number of nitrogens with zero attached hydrogens (tertiary/aromatic N) is 3. The van der Waals surface area contributed by atoms with Crippen molar-refractivity contribution in [1.82, 2.24) is 20.5 Å². The molecule has 1 fully saturated rings. The van der Waals surface area contributed by atoms with Gasteiger partial charge in [0.25, 0.3) is 0 Å². The Morgan fingerprint density at radius 1 is 1.46 bits per heavy atom. The van der Waals surface area contributed by atoms with Crippen molar-refractivity contribution in [3.8, 4) is 11.8 Å². The molecule has 1 aromatic heterocycles. The van der Waals surface area contributed by atoms with Gasteiger partial charge in [-0.1, -0.05) is 0 Å². The van der Waals surface area contributed by atoms with Gasteiger partial charge >= 0.3 is 0 Å². The summed E-state index contributed by atoms with van der Waals surface area (Å²) in [6.45, 7) is 2.46. The Kier molecular flexibility index (Phi) is 8.56. The third kappa shape index (κ3) is 6.40. The first-order valence-electron chi connectivity index (χ1n) is 9.29. The smallest absolute Gasteiger partial charge is 0.233 e. The minimum Gasteiger partial charge on any atom is -0.490 e. The van der Waals surface area contributed by atoms with Crippen LogP contribution in [0.1, 0.15) is 6.42 Å². The molecular formula is C18H30N8O2. The quantitative estimate of drug-likeness (QED) is 0.329. The molecule has 0 bridgehead atoms. The van der Waals surface area contributed by atoms with Crippen molar-refractivity contribution in [2.75, 3.05) is 45.7 Å². The first kappa shape index (κ1) is 22.0. The van der Waals surface area contributed by atoms with Crippen LogP contribution in [0.4, 0.5) is 5.69 Å². The highest BCUT2D eigenvalue weighted by molar-refractivity contribution is 5.94. The van der Waals surface area contributed by atoms with Crippen LogP contribution in [0, 0.1) is 23.2 Å². The number of hydrogen-bond acceptors (Lipinski definition) is 9. The molecule has 1 atom stereocenters. The maximum atomic E-state index is 12.9. The van der Waals surface area contributed by atoms with Crippen molar-refractivity contribution >= 4 is 11.6 Å². The number of ether oxygens (including phenoxy) is 1. The zero-order valence-corrected chi connectivity index (χ0v) is 16.4. The van der Waals surface area contributed by atoms with E-state index in [0.29, 0.717) is 37.6 Å². The molecule has 2 heterocycles. The topological polar surface area (TPSA) is 154 Å². The van der Waals surface area contributed by atoms with Crippen LogP contribution in [0.15, 0.2) is 18.5 Å². The highest BCUT2D eigenvalue weighted by Crippen LogP contribution is 2.24. The second-order valence-corrected chi connectivity index (χ2v) is 7.14. The van der Waals surface area contributed by atoms with Crippen LogP contribution in [-0.2, 0) is 4.79 Å². The number of likely N-dealkylation sites (N-methyl/N-ethyl adjacent to an activating group) is 1. The average molecular weight is 390 g/mol. The van der Waals surface area contributed by atoms with E-state index in [0.717, 1.165) is 6.54 Å². The molecule has 1 unspecified atom stereocenters. The molecule has 1 saturated heterocycles. The second kappa shape index (κ2) is 10.9. The predicted molar refractivity (Wildman–Crippen MR) is 106 cm³/mol. The molecule has 0 saturated carbocycles. The molecule has 2 rings (SSSR count). The number of aromatic nitrogens is 1. The molecule has 1 amide bonds. The van der Waals surface area contributed by atoms with Crippen LogP contribution < -0.4 is 32.2 Å². The monoisotopic (exact) mass is 390 g/mol. The van der Waals surface area contributed by atoms with Gasteiger partial charge in [-0.05, 0) is 20.0 Å². The van der Waals surface area contributed by atoms with Crippen LogP contribution in [0.2, 0.25) is 0 Å². The molecule has 10 nitrogen and oxygen atoms in total. The van der Waals surface area contributed by atoms with Gasteiger partial charge < -0.3 is 37.1 Å². The number of amides is 1. The summed E-state index contributed by atoms with van der Waals surface area (Å²) in [5.41, 5.74) is 12.3. The number of rotatable bonds is 9. The summed E-state index contributed by atoms with van der Waals surface area (Å²) in [6, 6.07) is 3.86. The Hall–Kier alpha value is -2.29. The number of pyridine rings is 1. The molecule has 1 aromatic rings. The molecule has 0 spiro atoms. The van der Waals surface area contributed by atoms with Gasteiger partial charge in [0, 0.05) is 38.3 Å². The molecule has 7 N–H and O–H groups in total. The third-order valence-electron chi connectivity index (χ3n) is 4.54. The van der Waals surface area contributed by atoms with E-state index in [-0.39, 0.29) is 18.0 Å². The van der Waals surface area contributed by atoms with E-state index in [1.807, 2.05) is 19.0 Å². The number of carbonyl (C=O) groups is 1. The van der Waals surface area contributed by atoms with Crippen LogP contribution in [0.25, 0.3) is 0 Å². The maximum Gasteiger partial charge on any atom is 0.233 e. The van der Waals surface area contributed by atoms with Crippen molar-refractivity contribution in [3.63, 3.8) is 0 Å². The Labute approximate surface area is 165 Å². The maximum absolute atomic E-state index is 12.9. The lowest BCUT2D eigenvalue weighted by atomic mass is 9.96. The summed E-state index contributed by atoms with van der Waals surface area (Å²) in [5, 5.41) is 18.1. The third-order valence-corrected chi connectivity index (χ3v) is 4.54. The molecular weight excluding hydrogens is 360 g/mol. The first-order chi connectivity index (χ1) is 13.4. The zero-order valence-electron chi connectivity index (χ0n) is 16.4. The lowest BCUT2D eigenvalue weighted by Crippen LogP contribution is -2.63. The Bertz CT molecular complexity index is 668. The normalized spacial score (nSPS) is 20.6. The van der Waals surface area contributed by atoms with Gasteiger partial charge in [-0.3, -0.25) is 9.78 Å². The Morgan fingerprint density at radius 2 is 2.18 bits per heavy atom. The largest absolute Gasteiger partial charge is 0.490 e. The summed E-state index contributed by atoms with van der Waals surface area (Å²) in [5.74, 6) is -0.316. The van der Waals surface area contributed by atoms with Gasteiger partial charge in [-0.15, -0.1) is 0 Å².